The SMILES string of the molecule is Cc1cc(C(=O)O)cc(S(=O)(=O)CCOC(C)(C)C)c1C. The van der Waals surface area contributed by atoms with E-state index in [1.807, 2.05) is 20.8 Å². The van der Waals surface area contributed by atoms with Crippen molar-refractivity contribution < 1.29 is 23.1 Å². The van der Waals surface area contributed by atoms with Crippen molar-refractivity contribution >= 4 is 15.8 Å². The van der Waals surface area contributed by atoms with E-state index in [1.54, 1.807) is 13.8 Å². The standard InChI is InChI=1S/C15H22O5S/c1-10-8-12(14(16)17)9-13(11(10)2)21(18,19)7-6-20-15(3,4)5/h8-9H,6-7H2,1-5H3,(H,16,17). The topological polar surface area (TPSA) is 80.7 Å². The van der Waals surface area contributed by atoms with Gasteiger partial charge in [0.1, 0.15) is 0 Å². The molecule has 0 fully saturated rings. The Kier molecular flexibility index (Phi) is 5.17. The van der Waals surface area contributed by atoms with Gasteiger partial charge in [0.25, 0.3) is 0 Å². The third kappa shape index (κ3) is 4.82. The number of carboxylic acids is 1. The van der Waals surface area contributed by atoms with E-state index in [0.717, 1.165) is 0 Å². The number of hydrogen-bond acceptors (Lipinski definition) is 4. The van der Waals surface area contributed by atoms with E-state index in [0.29, 0.717) is 11.1 Å². The zero-order valence-electron chi connectivity index (χ0n) is 13.1. The summed E-state index contributed by atoms with van der Waals surface area (Å²) >= 11 is 0. The summed E-state index contributed by atoms with van der Waals surface area (Å²) in [5, 5.41) is 9.05. The summed E-state index contributed by atoms with van der Waals surface area (Å²) in [5.41, 5.74) is 0.790. The van der Waals surface area contributed by atoms with Crippen LogP contribution in [0.5, 0.6) is 0 Å². The Morgan fingerprint density at radius 3 is 2.29 bits per heavy atom. The first-order valence-corrected chi connectivity index (χ1v) is 8.30. The Bertz CT molecular complexity index is 639. The maximum absolute atomic E-state index is 12.4. The minimum atomic E-state index is -3.58. The van der Waals surface area contributed by atoms with Crippen LogP contribution in [-0.4, -0.2) is 37.5 Å². The Labute approximate surface area is 125 Å². The Hall–Kier alpha value is -1.40. The van der Waals surface area contributed by atoms with Crippen molar-refractivity contribution in [2.24, 2.45) is 0 Å². The van der Waals surface area contributed by atoms with Gasteiger partial charge in [0.2, 0.25) is 0 Å². The van der Waals surface area contributed by atoms with Gasteiger partial charge in [-0.2, -0.15) is 0 Å². The second-order valence-electron chi connectivity index (χ2n) is 6.00. The maximum atomic E-state index is 12.4. The number of carboxylic acid groups (broad SMARTS) is 1. The van der Waals surface area contributed by atoms with Crippen LogP contribution in [0.15, 0.2) is 17.0 Å². The fraction of sp³-hybridized carbons (Fsp3) is 0.533. The number of sulfone groups is 1. The van der Waals surface area contributed by atoms with Crippen molar-refractivity contribution in [2.75, 3.05) is 12.4 Å². The molecule has 0 saturated carbocycles. The van der Waals surface area contributed by atoms with Crippen LogP contribution < -0.4 is 0 Å². The quantitative estimate of drug-likeness (QED) is 0.903. The van der Waals surface area contributed by atoms with Crippen LogP contribution in [0.25, 0.3) is 0 Å². The molecule has 1 aromatic rings. The minimum absolute atomic E-state index is 0.0200. The number of aryl methyl sites for hydroxylation is 1. The van der Waals surface area contributed by atoms with Crippen molar-refractivity contribution in [3.05, 3.63) is 28.8 Å². The van der Waals surface area contributed by atoms with Crippen LogP contribution in [0.1, 0.15) is 42.3 Å². The molecule has 1 aromatic carbocycles. The third-order valence-electron chi connectivity index (χ3n) is 3.09. The maximum Gasteiger partial charge on any atom is 0.335 e. The molecule has 0 radical (unpaired) electrons. The summed E-state index contributed by atoms with van der Waals surface area (Å²) in [6, 6.07) is 2.69. The van der Waals surface area contributed by atoms with Gasteiger partial charge >= 0.3 is 5.97 Å². The molecule has 0 bridgehead atoms. The van der Waals surface area contributed by atoms with Gasteiger partial charge in [-0.3, -0.25) is 0 Å². The van der Waals surface area contributed by atoms with E-state index in [2.05, 4.69) is 0 Å². The first kappa shape index (κ1) is 17.7. The van der Waals surface area contributed by atoms with E-state index in [4.69, 9.17) is 9.84 Å². The van der Waals surface area contributed by atoms with Gasteiger partial charge in [-0.05, 0) is 57.9 Å². The fourth-order valence-corrected chi connectivity index (χ4v) is 3.30. The Morgan fingerprint density at radius 2 is 1.81 bits per heavy atom. The summed E-state index contributed by atoms with van der Waals surface area (Å²) < 4.78 is 30.2. The van der Waals surface area contributed by atoms with Crippen molar-refractivity contribution in [3.8, 4) is 0 Å². The molecule has 5 nitrogen and oxygen atoms in total. The molecule has 21 heavy (non-hydrogen) atoms. The average molecular weight is 314 g/mol. The minimum Gasteiger partial charge on any atom is -0.478 e. The fourth-order valence-electron chi connectivity index (χ4n) is 1.84. The van der Waals surface area contributed by atoms with Crippen LogP contribution >= 0.6 is 0 Å². The van der Waals surface area contributed by atoms with Gasteiger partial charge in [0, 0.05) is 0 Å². The number of carbonyl (C=O) groups is 1. The Morgan fingerprint density at radius 1 is 1.24 bits per heavy atom. The van der Waals surface area contributed by atoms with Crippen molar-refractivity contribution in [3.63, 3.8) is 0 Å². The first-order chi connectivity index (χ1) is 9.44. The second kappa shape index (κ2) is 6.15. The van der Waals surface area contributed by atoms with Crippen LogP contribution in [0, 0.1) is 13.8 Å². The van der Waals surface area contributed by atoms with Gasteiger partial charge < -0.3 is 9.84 Å². The van der Waals surface area contributed by atoms with Gasteiger partial charge in [-0.15, -0.1) is 0 Å². The first-order valence-electron chi connectivity index (χ1n) is 6.65. The lowest BCUT2D eigenvalue weighted by Crippen LogP contribution is -2.24. The number of aromatic carboxylic acids is 1. The summed E-state index contributed by atoms with van der Waals surface area (Å²) in [4.78, 5) is 11.1. The molecule has 0 unspecified atom stereocenters. The molecule has 0 atom stereocenters. The van der Waals surface area contributed by atoms with Crippen LogP contribution in [0.4, 0.5) is 0 Å². The van der Waals surface area contributed by atoms with Crippen molar-refractivity contribution in [1.29, 1.82) is 0 Å². The lowest BCUT2D eigenvalue weighted by atomic mass is 10.1. The molecule has 0 aromatic heterocycles. The largest absolute Gasteiger partial charge is 0.478 e. The molecule has 1 rings (SSSR count). The smallest absolute Gasteiger partial charge is 0.335 e. The molecule has 1 N–H and O–H groups in total. The summed E-state index contributed by atoms with van der Waals surface area (Å²) in [6.45, 7) is 8.99. The summed E-state index contributed by atoms with van der Waals surface area (Å²) in [6.07, 6.45) is 0. The van der Waals surface area contributed by atoms with Gasteiger partial charge in [0.15, 0.2) is 9.84 Å². The highest BCUT2D eigenvalue weighted by Crippen LogP contribution is 2.22. The highest BCUT2D eigenvalue weighted by molar-refractivity contribution is 7.91. The van der Waals surface area contributed by atoms with Crippen LogP contribution in [-0.2, 0) is 14.6 Å². The van der Waals surface area contributed by atoms with Crippen molar-refractivity contribution in [1.82, 2.24) is 0 Å². The zero-order valence-corrected chi connectivity index (χ0v) is 13.9. The third-order valence-corrected chi connectivity index (χ3v) is 4.89. The van der Waals surface area contributed by atoms with E-state index in [-0.39, 0.29) is 22.8 Å². The predicted molar refractivity (Wildman–Crippen MR) is 80.6 cm³/mol. The molecular formula is C15H22O5S. The number of benzene rings is 1. The molecule has 0 aliphatic carbocycles. The Balaban J connectivity index is 3.11. The second-order valence-corrected chi connectivity index (χ2v) is 8.08. The predicted octanol–water partition coefficient (Wildman–Crippen LogP) is 2.59. The highest BCUT2D eigenvalue weighted by atomic mass is 32.2. The molecule has 0 spiro atoms. The van der Waals surface area contributed by atoms with E-state index < -0.39 is 21.4 Å². The van der Waals surface area contributed by atoms with Gasteiger partial charge in [0.05, 0.1) is 28.4 Å². The van der Waals surface area contributed by atoms with E-state index in [1.165, 1.54) is 12.1 Å². The average Bonchev–Trinajstić information content (AvgIpc) is 2.29. The molecule has 118 valence electrons. The molecular weight excluding hydrogens is 292 g/mol. The normalized spacial score (nSPS) is 12.4. The zero-order chi connectivity index (χ0) is 16.4. The van der Waals surface area contributed by atoms with Gasteiger partial charge in [-0.25, -0.2) is 13.2 Å². The molecule has 0 aliphatic heterocycles. The lowest BCUT2D eigenvalue weighted by molar-refractivity contribution is 0.00644. The molecule has 0 aliphatic rings. The highest BCUT2D eigenvalue weighted by Gasteiger charge is 2.22. The lowest BCUT2D eigenvalue weighted by Gasteiger charge is -2.19. The summed E-state index contributed by atoms with van der Waals surface area (Å²) in [7, 11) is -3.58. The van der Waals surface area contributed by atoms with Gasteiger partial charge in [-0.1, -0.05) is 0 Å². The molecule has 0 amide bonds. The van der Waals surface area contributed by atoms with E-state index >= 15 is 0 Å². The number of ether oxygens (including phenoxy) is 1. The van der Waals surface area contributed by atoms with Crippen LogP contribution in [0.2, 0.25) is 0 Å². The molecule has 0 heterocycles. The molecule has 6 heteroatoms. The monoisotopic (exact) mass is 314 g/mol. The summed E-state index contributed by atoms with van der Waals surface area (Å²) in [5.74, 6) is -1.31. The van der Waals surface area contributed by atoms with Crippen LogP contribution in [0.3, 0.4) is 0 Å². The van der Waals surface area contributed by atoms with E-state index in [9.17, 15) is 13.2 Å². The van der Waals surface area contributed by atoms with Crippen molar-refractivity contribution in [2.45, 2.75) is 45.1 Å². The molecule has 0 saturated heterocycles. The number of rotatable bonds is 5. The number of hydrogen-bond donors (Lipinski definition) is 1.